The summed E-state index contributed by atoms with van der Waals surface area (Å²) >= 11 is 0. The molecular formula is C14H31NO. The van der Waals surface area contributed by atoms with Gasteiger partial charge in [-0.3, -0.25) is 0 Å². The molecular weight excluding hydrogens is 198 g/mol. The van der Waals surface area contributed by atoms with Gasteiger partial charge >= 0.3 is 0 Å². The second-order valence-electron chi connectivity index (χ2n) is 4.62. The maximum Gasteiger partial charge on any atom is 0.0586 e. The Kier molecular flexibility index (Phi) is 8.04. The van der Waals surface area contributed by atoms with Crippen LogP contribution in [0.25, 0.3) is 0 Å². The van der Waals surface area contributed by atoms with Crippen molar-refractivity contribution < 1.29 is 5.11 Å². The maximum absolute atomic E-state index is 9.17. The molecule has 1 aliphatic heterocycles. The summed E-state index contributed by atoms with van der Waals surface area (Å²) in [5.41, 5.74) is 0.653. The van der Waals surface area contributed by atoms with Crippen molar-refractivity contribution in [2.75, 3.05) is 20.2 Å². The lowest BCUT2D eigenvalue weighted by Gasteiger charge is -2.50. The number of rotatable bonds is 1. The van der Waals surface area contributed by atoms with Crippen LogP contribution in [-0.2, 0) is 0 Å². The molecule has 0 bridgehead atoms. The van der Waals surface area contributed by atoms with Crippen LogP contribution >= 0.6 is 0 Å². The van der Waals surface area contributed by atoms with Crippen LogP contribution in [0.4, 0.5) is 0 Å². The molecule has 0 aromatic carbocycles. The van der Waals surface area contributed by atoms with Crippen LogP contribution in [0.2, 0.25) is 0 Å². The van der Waals surface area contributed by atoms with E-state index in [1.54, 1.807) is 0 Å². The summed E-state index contributed by atoms with van der Waals surface area (Å²) < 4.78 is 0. The first kappa shape index (κ1) is 15.9. The summed E-state index contributed by atoms with van der Waals surface area (Å²) in [5.74, 6) is 0. The topological polar surface area (TPSA) is 23.5 Å². The van der Waals surface area contributed by atoms with E-state index in [1.165, 1.54) is 38.6 Å². The lowest BCUT2D eigenvalue weighted by Crippen LogP contribution is -2.49. The molecule has 2 aliphatic rings. The average molecular weight is 229 g/mol. The third-order valence-electron chi connectivity index (χ3n) is 3.91. The maximum atomic E-state index is 9.17. The number of likely N-dealkylation sites (tertiary alicyclic amines) is 1. The van der Waals surface area contributed by atoms with Crippen molar-refractivity contribution in [3.8, 4) is 0 Å². The molecule has 2 rings (SSSR count). The van der Waals surface area contributed by atoms with Gasteiger partial charge in [-0.25, -0.2) is 0 Å². The number of piperidine rings is 1. The standard InChI is InChI=1S/C10H19NO.2C2H6/c1-11-6-5-10(3-2-4-10)7-9(11)8-12;2*1-2/h9,12H,2-8H2,1H3;2*1-2H3. The molecule has 1 N–H and O–H groups in total. The lowest BCUT2D eigenvalue weighted by molar-refractivity contribution is -0.0119. The molecule has 0 amide bonds. The van der Waals surface area contributed by atoms with E-state index in [4.69, 9.17) is 0 Å². The van der Waals surface area contributed by atoms with Crippen molar-refractivity contribution in [1.29, 1.82) is 0 Å². The van der Waals surface area contributed by atoms with Crippen LogP contribution in [0, 0.1) is 5.41 Å². The molecule has 1 unspecified atom stereocenters. The molecule has 1 atom stereocenters. The first-order chi connectivity index (χ1) is 7.76. The molecule has 2 heteroatoms. The molecule has 1 saturated heterocycles. The number of aliphatic hydroxyl groups is 1. The fourth-order valence-corrected chi connectivity index (χ4v) is 2.69. The Morgan fingerprint density at radius 3 is 2.06 bits per heavy atom. The zero-order valence-electron chi connectivity index (χ0n) is 11.9. The number of hydrogen-bond donors (Lipinski definition) is 1. The van der Waals surface area contributed by atoms with Gasteiger partial charge in [0.1, 0.15) is 0 Å². The Morgan fingerprint density at radius 2 is 1.69 bits per heavy atom. The fraction of sp³-hybridized carbons (Fsp3) is 1.00. The van der Waals surface area contributed by atoms with E-state index < -0.39 is 0 Å². The van der Waals surface area contributed by atoms with Gasteiger partial charge in [-0.15, -0.1) is 0 Å². The molecule has 1 spiro atoms. The van der Waals surface area contributed by atoms with Gasteiger partial charge < -0.3 is 10.0 Å². The van der Waals surface area contributed by atoms with Gasteiger partial charge in [0.25, 0.3) is 0 Å². The van der Waals surface area contributed by atoms with Crippen LogP contribution in [0.15, 0.2) is 0 Å². The Bertz CT molecular complexity index is 166. The number of aliphatic hydroxyl groups excluding tert-OH is 1. The molecule has 98 valence electrons. The summed E-state index contributed by atoms with van der Waals surface area (Å²) in [7, 11) is 2.13. The first-order valence-corrected chi connectivity index (χ1v) is 7.07. The van der Waals surface area contributed by atoms with Crippen molar-refractivity contribution in [1.82, 2.24) is 4.90 Å². The third kappa shape index (κ3) is 3.74. The van der Waals surface area contributed by atoms with Gasteiger partial charge in [0.05, 0.1) is 6.61 Å². The van der Waals surface area contributed by atoms with E-state index in [0.29, 0.717) is 18.1 Å². The molecule has 1 aliphatic carbocycles. The fourth-order valence-electron chi connectivity index (χ4n) is 2.69. The highest BCUT2D eigenvalue weighted by Gasteiger charge is 2.42. The second kappa shape index (κ2) is 8.08. The van der Waals surface area contributed by atoms with Crippen LogP contribution in [0.3, 0.4) is 0 Å². The Labute approximate surface area is 102 Å². The molecule has 2 nitrogen and oxygen atoms in total. The lowest BCUT2D eigenvalue weighted by atomic mass is 9.62. The predicted molar refractivity (Wildman–Crippen MR) is 71.7 cm³/mol. The highest BCUT2D eigenvalue weighted by Crippen LogP contribution is 2.50. The summed E-state index contributed by atoms with van der Waals surface area (Å²) in [6.07, 6.45) is 6.84. The molecule has 1 saturated carbocycles. The van der Waals surface area contributed by atoms with Gasteiger partial charge in [-0.05, 0) is 44.7 Å². The third-order valence-corrected chi connectivity index (χ3v) is 3.91. The SMILES string of the molecule is CC.CC.CN1CCC2(CCC2)CC1CO. The quantitative estimate of drug-likeness (QED) is 0.746. The summed E-state index contributed by atoms with van der Waals surface area (Å²) in [6, 6.07) is 0.444. The van der Waals surface area contributed by atoms with Crippen LogP contribution in [0.5, 0.6) is 0 Å². The van der Waals surface area contributed by atoms with E-state index in [2.05, 4.69) is 11.9 Å². The molecule has 0 aromatic rings. The molecule has 0 radical (unpaired) electrons. The Morgan fingerprint density at radius 1 is 1.12 bits per heavy atom. The summed E-state index contributed by atoms with van der Waals surface area (Å²) in [5, 5.41) is 9.17. The van der Waals surface area contributed by atoms with Crippen LogP contribution in [0.1, 0.15) is 59.8 Å². The van der Waals surface area contributed by atoms with E-state index in [-0.39, 0.29) is 0 Å². The largest absolute Gasteiger partial charge is 0.395 e. The minimum Gasteiger partial charge on any atom is -0.395 e. The predicted octanol–water partition coefficient (Wildman–Crippen LogP) is 3.30. The van der Waals surface area contributed by atoms with Crippen molar-refractivity contribution in [3.63, 3.8) is 0 Å². The monoisotopic (exact) mass is 229 g/mol. The van der Waals surface area contributed by atoms with E-state index in [0.717, 1.165) is 0 Å². The zero-order valence-corrected chi connectivity index (χ0v) is 11.9. The van der Waals surface area contributed by atoms with E-state index in [9.17, 15) is 5.11 Å². The Hall–Kier alpha value is -0.0800. The zero-order chi connectivity index (χ0) is 12.6. The van der Waals surface area contributed by atoms with E-state index in [1.807, 2.05) is 27.7 Å². The highest BCUT2D eigenvalue weighted by atomic mass is 16.3. The van der Waals surface area contributed by atoms with Crippen molar-refractivity contribution in [3.05, 3.63) is 0 Å². The number of hydrogen-bond acceptors (Lipinski definition) is 2. The average Bonchev–Trinajstić information content (AvgIpc) is 2.33. The van der Waals surface area contributed by atoms with Gasteiger partial charge in [0.15, 0.2) is 0 Å². The normalized spacial score (nSPS) is 27.0. The summed E-state index contributed by atoms with van der Waals surface area (Å²) in [6.45, 7) is 9.53. The van der Waals surface area contributed by atoms with Gasteiger partial charge in [0, 0.05) is 6.04 Å². The molecule has 1 heterocycles. The van der Waals surface area contributed by atoms with Gasteiger partial charge in [0.2, 0.25) is 0 Å². The summed E-state index contributed by atoms with van der Waals surface area (Å²) in [4.78, 5) is 2.31. The van der Waals surface area contributed by atoms with Crippen molar-refractivity contribution in [2.24, 2.45) is 5.41 Å². The van der Waals surface area contributed by atoms with E-state index >= 15 is 0 Å². The first-order valence-electron chi connectivity index (χ1n) is 7.07. The second-order valence-corrected chi connectivity index (χ2v) is 4.62. The van der Waals surface area contributed by atoms with Crippen LogP contribution < -0.4 is 0 Å². The van der Waals surface area contributed by atoms with Crippen molar-refractivity contribution >= 4 is 0 Å². The highest BCUT2D eigenvalue weighted by molar-refractivity contribution is 4.95. The Balaban J connectivity index is 0.000000509. The number of nitrogens with zero attached hydrogens (tertiary/aromatic N) is 1. The molecule has 2 fully saturated rings. The minimum absolute atomic E-state index is 0.345. The molecule has 0 aromatic heterocycles. The van der Waals surface area contributed by atoms with Crippen LogP contribution in [-0.4, -0.2) is 36.2 Å². The smallest absolute Gasteiger partial charge is 0.0586 e. The van der Waals surface area contributed by atoms with Gasteiger partial charge in [-0.1, -0.05) is 34.1 Å². The molecule has 16 heavy (non-hydrogen) atoms. The minimum atomic E-state index is 0.345. The van der Waals surface area contributed by atoms with Crippen molar-refractivity contribution in [2.45, 2.75) is 65.8 Å². The van der Waals surface area contributed by atoms with Gasteiger partial charge in [-0.2, -0.15) is 0 Å². The number of likely N-dealkylation sites (N-methyl/N-ethyl adjacent to an activating group) is 1.